The third-order valence-electron chi connectivity index (χ3n) is 3.00. The first-order valence-corrected chi connectivity index (χ1v) is 6.12. The minimum atomic E-state index is -0.504. The summed E-state index contributed by atoms with van der Waals surface area (Å²) >= 11 is 0. The predicted octanol–water partition coefficient (Wildman–Crippen LogP) is 2.44. The Hall–Kier alpha value is -2.70. The number of H-pyrrole nitrogens is 1. The SMILES string of the molecule is CCc1cc(NC(=O)c2cccc([N+](=O)[O-])c2C)n[nH]1. The highest BCUT2D eigenvalue weighted by molar-refractivity contribution is 6.05. The molecule has 0 bridgehead atoms. The number of nitro benzene ring substituents is 1. The number of amides is 1. The van der Waals surface area contributed by atoms with Gasteiger partial charge in [-0.2, -0.15) is 5.10 Å². The van der Waals surface area contributed by atoms with Crippen molar-refractivity contribution in [1.29, 1.82) is 0 Å². The molecular formula is C13H14N4O3. The van der Waals surface area contributed by atoms with E-state index < -0.39 is 10.8 Å². The molecule has 104 valence electrons. The smallest absolute Gasteiger partial charge is 0.273 e. The van der Waals surface area contributed by atoms with Gasteiger partial charge in [0.05, 0.1) is 4.92 Å². The van der Waals surface area contributed by atoms with E-state index in [-0.39, 0.29) is 11.3 Å². The minimum absolute atomic E-state index is 0.0751. The van der Waals surface area contributed by atoms with Crippen molar-refractivity contribution < 1.29 is 9.72 Å². The zero-order chi connectivity index (χ0) is 14.7. The Morgan fingerprint density at radius 1 is 1.50 bits per heavy atom. The Balaban J connectivity index is 2.25. The number of rotatable bonds is 4. The largest absolute Gasteiger partial charge is 0.305 e. The van der Waals surface area contributed by atoms with Crippen LogP contribution in [-0.4, -0.2) is 21.0 Å². The van der Waals surface area contributed by atoms with Gasteiger partial charge in [0.15, 0.2) is 5.82 Å². The molecule has 0 radical (unpaired) electrons. The molecule has 0 aliphatic rings. The maximum absolute atomic E-state index is 12.1. The zero-order valence-corrected chi connectivity index (χ0v) is 11.1. The summed E-state index contributed by atoms with van der Waals surface area (Å²) in [4.78, 5) is 22.5. The zero-order valence-electron chi connectivity index (χ0n) is 11.1. The third-order valence-corrected chi connectivity index (χ3v) is 3.00. The van der Waals surface area contributed by atoms with Gasteiger partial charge in [-0.25, -0.2) is 0 Å². The lowest BCUT2D eigenvalue weighted by Gasteiger charge is -2.05. The van der Waals surface area contributed by atoms with Crippen LogP contribution in [0, 0.1) is 17.0 Å². The normalized spacial score (nSPS) is 10.3. The Bertz CT molecular complexity index is 663. The minimum Gasteiger partial charge on any atom is -0.305 e. The fourth-order valence-corrected chi connectivity index (χ4v) is 1.86. The second kappa shape index (κ2) is 5.52. The van der Waals surface area contributed by atoms with Crippen molar-refractivity contribution in [2.75, 3.05) is 5.32 Å². The first-order valence-electron chi connectivity index (χ1n) is 6.12. The number of aromatic amines is 1. The summed E-state index contributed by atoms with van der Waals surface area (Å²) in [7, 11) is 0. The molecule has 1 aromatic carbocycles. The van der Waals surface area contributed by atoms with Gasteiger partial charge in [-0.05, 0) is 19.4 Å². The van der Waals surface area contributed by atoms with Gasteiger partial charge < -0.3 is 5.32 Å². The maximum Gasteiger partial charge on any atom is 0.273 e. The highest BCUT2D eigenvalue weighted by Crippen LogP contribution is 2.21. The molecule has 0 spiro atoms. The van der Waals surface area contributed by atoms with Crippen molar-refractivity contribution in [3.8, 4) is 0 Å². The summed E-state index contributed by atoms with van der Waals surface area (Å²) in [5.74, 6) is -0.0156. The number of benzene rings is 1. The molecule has 0 aliphatic heterocycles. The summed E-state index contributed by atoms with van der Waals surface area (Å²) in [5, 5.41) is 20.2. The maximum atomic E-state index is 12.1. The van der Waals surface area contributed by atoms with E-state index >= 15 is 0 Å². The molecule has 0 fully saturated rings. The van der Waals surface area contributed by atoms with Gasteiger partial charge in [-0.3, -0.25) is 20.0 Å². The highest BCUT2D eigenvalue weighted by atomic mass is 16.6. The van der Waals surface area contributed by atoms with E-state index in [1.54, 1.807) is 19.1 Å². The molecule has 1 heterocycles. The van der Waals surface area contributed by atoms with Gasteiger partial charge in [0.25, 0.3) is 11.6 Å². The van der Waals surface area contributed by atoms with Gasteiger partial charge in [0.2, 0.25) is 0 Å². The Morgan fingerprint density at radius 3 is 2.85 bits per heavy atom. The number of nitrogens with zero attached hydrogens (tertiary/aromatic N) is 2. The van der Waals surface area contributed by atoms with Crippen LogP contribution in [0.4, 0.5) is 11.5 Å². The van der Waals surface area contributed by atoms with Crippen LogP contribution in [0.25, 0.3) is 0 Å². The van der Waals surface area contributed by atoms with Crippen molar-refractivity contribution in [1.82, 2.24) is 10.2 Å². The van der Waals surface area contributed by atoms with E-state index in [1.807, 2.05) is 6.92 Å². The number of nitrogens with one attached hydrogen (secondary N) is 2. The molecule has 1 amide bonds. The average molecular weight is 274 g/mol. The Labute approximate surface area is 115 Å². The first kappa shape index (κ1) is 13.7. The molecule has 2 rings (SSSR count). The number of hydrogen-bond donors (Lipinski definition) is 2. The number of anilines is 1. The standard InChI is InChI=1S/C13H14N4O3/c1-3-9-7-12(16-15-9)14-13(18)10-5-4-6-11(8(10)2)17(19)20/h4-7H,3H2,1-2H3,(H2,14,15,16,18). The van der Waals surface area contributed by atoms with Crippen LogP contribution >= 0.6 is 0 Å². The van der Waals surface area contributed by atoms with Crippen LogP contribution in [-0.2, 0) is 6.42 Å². The van der Waals surface area contributed by atoms with Crippen molar-refractivity contribution in [3.05, 3.63) is 51.2 Å². The van der Waals surface area contributed by atoms with E-state index in [9.17, 15) is 14.9 Å². The second-order valence-electron chi connectivity index (χ2n) is 4.29. The van der Waals surface area contributed by atoms with Gasteiger partial charge in [-0.1, -0.05) is 13.0 Å². The van der Waals surface area contributed by atoms with Crippen LogP contribution in [0.2, 0.25) is 0 Å². The number of aromatic nitrogens is 2. The molecule has 0 saturated carbocycles. The highest BCUT2D eigenvalue weighted by Gasteiger charge is 2.18. The lowest BCUT2D eigenvalue weighted by molar-refractivity contribution is -0.385. The topological polar surface area (TPSA) is 101 Å². The van der Waals surface area contributed by atoms with Crippen LogP contribution in [0.1, 0.15) is 28.5 Å². The summed E-state index contributed by atoms with van der Waals surface area (Å²) in [6, 6.07) is 6.13. The van der Waals surface area contributed by atoms with Crippen LogP contribution in [0.15, 0.2) is 24.3 Å². The number of aryl methyl sites for hydroxylation is 1. The monoisotopic (exact) mass is 274 g/mol. The van der Waals surface area contributed by atoms with E-state index in [4.69, 9.17) is 0 Å². The van der Waals surface area contributed by atoms with Gasteiger partial charge >= 0.3 is 0 Å². The molecule has 0 saturated heterocycles. The van der Waals surface area contributed by atoms with Crippen LogP contribution in [0.3, 0.4) is 0 Å². The molecule has 20 heavy (non-hydrogen) atoms. The Kier molecular flexibility index (Phi) is 3.79. The molecule has 7 nitrogen and oxygen atoms in total. The molecule has 2 N–H and O–H groups in total. The van der Waals surface area contributed by atoms with E-state index in [0.29, 0.717) is 11.4 Å². The predicted molar refractivity (Wildman–Crippen MR) is 73.8 cm³/mol. The number of carbonyl (C=O) groups is 1. The molecular weight excluding hydrogens is 260 g/mol. The lowest BCUT2D eigenvalue weighted by atomic mass is 10.1. The van der Waals surface area contributed by atoms with Crippen molar-refractivity contribution in [2.45, 2.75) is 20.3 Å². The van der Waals surface area contributed by atoms with Crippen LogP contribution < -0.4 is 5.32 Å². The molecule has 1 aromatic heterocycles. The number of hydrogen-bond acceptors (Lipinski definition) is 4. The van der Waals surface area contributed by atoms with Crippen molar-refractivity contribution >= 4 is 17.4 Å². The van der Waals surface area contributed by atoms with Gasteiger partial charge in [-0.15, -0.1) is 0 Å². The second-order valence-corrected chi connectivity index (χ2v) is 4.29. The first-order chi connectivity index (χ1) is 9.52. The number of carbonyl (C=O) groups excluding carboxylic acids is 1. The quantitative estimate of drug-likeness (QED) is 0.660. The fourth-order valence-electron chi connectivity index (χ4n) is 1.86. The van der Waals surface area contributed by atoms with Gasteiger partial charge in [0.1, 0.15) is 0 Å². The third kappa shape index (κ3) is 2.66. The molecule has 0 atom stereocenters. The molecule has 0 unspecified atom stereocenters. The fraction of sp³-hybridized carbons (Fsp3) is 0.231. The molecule has 2 aromatic rings. The number of nitro groups is 1. The summed E-state index contributed by atoms with van der Waals surface area (Å²) in [5.41, 5.74) is 1.42. The van der Waals surface area contributed by atoms with E-state index in [0.717, 1.165) is 12.1 Å². The van der Waals surface area contributed by atoms with Crippen molar-refractivity contribution in [3.63, 3.8) is 0 Å². The van der Waals surface area contributed by atoms with Gasteiger partial charge in [0, 0.05) is 29.0 Å². The van der Waals surface area contributed by atoms with E-state index in [1.165, 1.54) is 12.1 Å². The van der Waals surface area contributed by atoms with E-state index in [2.05, 4.69) is 15.5 Å². The summed E-state index contributed by atoms with van der Waals surface area (Å²) in [6.07, 6.45) is 0.776. The summed E-state index contributed by atoms with van der Waals surface area (Å²) < 4.78 is 0. The molecule has 0 aliphatic carbocycles. The van der Waals surface area contributed by atoms with Crippen molar-refractivity contribution in [2.24, 2.45) is 0 Å². The molecule has 7 heteroatoms. The average Bonchev–Trinajstić information content (AvgIpc) is 2.86. The van der Waals surface area contributed by atoms with Crippen LogP contribution in [0.5, 0.6) is 0 Å². The lowest BCUT2D eigenvalue weighted by Crippen LogP contribution is -2.14. The summed E-state index contributed by atoms with van der Waals surface area (Å²) in [6.45, 7) is 3.51. The Morgan fingerprint density at radius 2 is 2.25 bits per heavy atom.